The van der Waals surface area contributed by atoms with E-state index in [-0.39, 0.29) is 6.54 Å². The van der Waals surface area contributed by atoms with E-state index < -0.39 is 29.1 Å². The number of carbonyl (C=O) groups is 1. The minimum Gasteiger partial charge on any atom is -0.348 e. The van der Waals surface area contributed by atoms with Crippen molar-refractivity contribution in [1.82, 2.24) is 10.3 Å². The fourth-order valence-electron chi connectivity index (χ4n) is 1.47. The molecular weight excluding hydrogens is 257 g/mol. The molecule has 0 saturated carbocycles. The predicted octanol–water partition coefficient (Wildman–Crippen LogP) is 2.43. The van der Waals surface area contributed by atoms with E-state index in [1.54, 1.807) is 0 Å². The molecule has 0 radical (unpaired) electrons. The van der Waals surface area contributed by atoms with E-state index in [0.29, 0.717) is 5.56 Å². The van der Waals surface area contributed by atoms with E-state index in [1.807, 2.05) is 0 Å². The summed E-state index contributed by atoms with van der Waals surface area (Å²) in [4.78, 5) is 14.7. The standard InChI is InChI=1S/C13H9F3N2O/c14-9-3-1-8(2-4-9)7-18-13(19)10-5-6-17-12(16)11(10)15/h1-6H,7H2,(H,18,19). The topological polar surface area (TPSA) is 42.0 Å². The Hall–Kier alpha value is -2.37. The minimum atomic E-state index is -1.32. The van der Waals surface area contributed by atoms with Gasteiger partial charge in [0.25, 0.3) is 5.91 Å². The number of benzene rings is 1. The van der Waals surface area contributed by atoms with Crippen molar-refractivity contribution >= 4 is 5.91 Å². The Balaban J connectivity index is 2.05. The maximum Gasteiger partial charge on any atom is 0.254 e. The summed E-state index contributed by atoms with van der Waals surface area (Å²) >= 11 is 0. The fraction of sp³-hybridized carbons (Fsp3) is 0.0769. The first kappa shape index (κ1) is 13.1. The molecule has 6 heteroatoms. The Morgan fingerprint density at radius 3 is 2.47 bits per heavy atom. The SMILES string of the molecule is O=C(NCc1ccc(F)cc1)c1ccnc(F)c1F. The van der Waals surface area contributed by atoms with Crippen LogP contribution >= 0.6 is 0 Å². The van der Waals surface area contributed by atoms with Crippen LogP contribution in [0.2, 0.25) is 0 Å². The molecule has 19 heavy (non-hydrogen) atoms. The number of carbonyl (C=O) groups excluding carboxylic acids is 1. The van der Waals surface area contributed by atoms with Crippen molar-refractivity contribution in [2.75, 3.05) is 0 Å². The summed E-state index contributed by atoms with van der Waals surface area (Å²) in [7, 11) is 0. The molecule has 1 N–H and O–H groups in total. The molecule has 1 aromatic heterocycles. The number of nitrogens with zero attached hydrogens (tertiary/aromatic N) is 1. The van der Waals surface area contributed by atoms with Crippen molar-refractivity contribution < 1.29 is 18.0 Å². The normalized spacial score (nSPS) is 10.3. The Bertz CT molecular complexity index is 599. The van der Waals surface area contributed by atoms with Gasteiger partial charge in [0.1, 0.15) is 5.82 Å². The Kier molecular flexibility index (Phi) is 3.79. The largest absolute Gasteiger partial charge is 0.348 e. The highest BCUT2D eigenvalue weighted by atomic mass is 19.2. The second-order valence-corrected chi connectivity index (χ2v) is 3.77. The van der Waals surface area contributed by atoms with Crippen molar-refractivity contribution in [3.8, 4) is 0 Å². The first-order valence-electron chi connectivity index (χ1n) is 5.40. The van der Waals surface area contributed by atoms with Gasteiger partial charge in [0.05, 0.1) is 5.56 Å². The van der Waals surface area contributed by atoms with Crippen LogP contribution in [-0.2, 0) is 6.54 Å². The molecule has 0 saturated heterocycles. The highest BCUT2D eigenvalue weighted by Crippen LogP contribution is 2.09. The van der Waals surface area contributed by atoms with Crippen molar-refractivity contribution in [2.45, 2.75) is 6.54 Å². The van der Waals surface area contributed by atoms with Gasteiger partial charge in [0, 0.05) is 12.7 Å². The molecule has 0 aliphatic rings. The minimum absolute atomic E-state index is 0.0858. The highest BCUT2D eigenvalue weighted by Gasteiger charge is 2.15. The van der Waals surface area contributed by atoms with E-state index in [2.05, 4.69) is 10.3 Å². The third-order valence-corrected chi connectivity index (χ3v) is 2.46. The van der Waals surface area contributed by atoms with Crippen LogP contribution in [0.4, 0.5) is 13.2 Å². The first-order valence-corrected chi connectivity index (χ1v) is 5.40. The number of pyridine rings is 1. The van der Waals surface area contributed by atoms with E-state index in [9.17, 15) is 18.0 Å². The molecule has 0 bridgehead atoms. The molecule has 1 aromatic carbocycles. The molecule has 1 amide bonds. The predicted molar refractivity (Wildman–Crippen MR) is 61.7 cm³/mol. The quantitative estimate of drug-likeness (QED) is 0.867. The zero-order valence-electron chi connectivity index (χ0n) is 9.66. The van der Waals surface area contributed by atoms with E-state index in [4.69, 9.17) is 0 Å². The van der Waals surface area contributed by atoms with Gasteiger partial charge in [-0.15, -0.1) is 0 Å². The van der Waals surface area contributed by atoms with Gasteiger partial charge in [-0.2, -0.15) is 4.39 Å². The summed E-state index contributed by atoms with van der Waals surface area (Å²) in [6.07, 6.45) is 1.01. The van der Waals surface area contributed by atoms with Gasteiger partial charge in [-0.3, -0.25) is 4.79 Å². The van der Waals surface area contributed by atoms with Gasteiger partial charge < -0.3 is 5.32 Å². The lowest BCUT2D eigenvalue weighted by molar-refractivity contribution is 0.0945. The lowest BCUT2D eigenvalue weighted by Gasteiger charge is -2.06. The van der Waals surface area contributed by atoms with Crippen molar-refractivity contribution in [3.05, 3.63) is 65.2 Å². The van der Waals surface area contributed by atoms with Gasteiger partial charge in [0.2, 0.25) is 5.95 Å². The number of halogens is 3. The lowest BCUT2D eigenvalue weighted by Crippen LogP contribution is -2.24. The van der Waals surface area contributed by atoms with Crippen LogP contribution in [0.1, 0.15) is 15.9 Å². The van der Waals surface area contributed by atoms with Crippen LogP contribution < -0.4 is 5.32 Å². The number of aromatic nitrogens is 1. The van der Waals surface area contributed by atoms with Crippen LogP contribution in [0.15, 0.2) is 36.5 Å². The monoisotopic (exact) mass is 266 g/mol. The van der Waals surface area contributed by atoms with Gasteiger partial charge >= 0.3 is 0 Å². The Morgan fingerprint density at radius 2 is 1.79 bits per heavy atom. The summed E-state index contributed by atoms with van der Waals surface area (Å²) < 4.78 is 38.8. The van der Waals surface area contributed by atoms with E-state index in [1.165, 1.54) is 24.3 Å². The highest BCUT2D eigenvalue weighted by molar-refractivity contribution is 5.94. The molecule has 2 rings (SSSR count). The summed E-state index contributed by atoms with van der Waals surface area (Å²) in [6.45, 7) is 0.0858. The first-order chi connectivity index (χ1) is 9.08. The number of amides is 1. The molecule has 0 fully saturated rings. The van der Waals surface area contributed by atoms with Crippen LogP contribution in [-0.4, -0.2) is 10.9 Å². The summed E-state index contributed by atoms with van der Waals surface area (Å²) in [6, 6.07) is 6.54. The summed E-state index contributed by atoms with van der Waals surface area (Å²) in [5.74, 6) is -3.77. The molecule has 2 aromatic rings. The van der Waals surface area contributed by atoms with Crippen molar-refractivity contribution in [1.29, 1.82) is 0 Å². The van der Waals surface area contributed by atoms with Gasteiger partial charge in [-0.05, 0) is 23.8 Å². The Morgan fingerprint density at radius 1 is 1.11 bits per heavy atom. The van der Waals surface area contributed by atoms with Gasteiger partial charge in [-0.25, -0.2) is 13.8 Å². The number of rotatable bonds is 3. The molecule has 3 nitrogen and oxygen atoms in total. The third kappa shape index (κ3) is 3.09. The Labute approximate surface area is 107 Å². The summed E-state index contributed by atoms with van der Waals surface area (Å²) in [5.41, 5.74) is 0.222. The second-order valence-electron chi connectivity index (χ2n) is 3.77. The molecular formula is C13H9F3N2O. The van der Waals surface area contributed by atoms with Crippen LogP contribution in [0.3, 0.4) is 0 Å². The van der Waals surface area contributed by atoms with Crippen LogP contribution in [0.5, 0.6) is 0 Å². The third-order valence-electron chi connectivity index (χ3n) is 2.46. The molecule has 98 valence electrons. The van der Waals surface area contributed by atoms with Crippen LogP contribution in [0, 0.1) is 17.6 Å². The van der Waals surface area contributed by atoms with Crippen molar-refractivity contribution in [3.63, 3.8) is 0 Å². The van der Waals surface area contributed by atoms with Crippen molar-refractivity contribution in [2.24, 2.45) is 0 Å². The zero-order chi connectivity index (χ0) is 13.8. The van der Waals surface area contributed by atoms with Gasteiger partial charge in [-0.1, -0.05) is 12.1 Å². The summed E-state index contributed by atoms with van der Waals surface area (Å²) in [5, 5.41) is 2.41. The molecule has 0 aliphatic carbocycles. The van der Waals surface area contributed by atoms with E-state index in [0.717, 1.165) is 12.3 Å². The number of hydrogen-bond donors (Lipinski definition) is 1. The molecule has 0 aliphatic heterocycles. The van der Waals surface area contributed by atoms with Crippen LogP contribution in [0.25, 0.3) is 0 Å². The fourth-order valence-corrected chi connectivity index (χ4v) is 1.47. The molecule has 0 atom stereocenters. The second kappa shape index (κ2) is 5.51. The zero-order valence-corrected chi connectivity index (χ0v) is 9.66. The van der Waals surface area contributed by atoms with Gasteiger partial charge in [0.15, 0.2) is 5.82 Å². The lowest BCUT2D eigenvalue weighted by atomic mass is 10.2. The average Bonchev–Trinajstić information content (AvgIpc) is 2.41. The maximum absolute atomic E-state index is 13.3. The molecule has 0 unspecified atom stereocenters. The average molecular weight is 266 g/mol. The maximum atomic E-state index is 13.3. The van der Waals surface area contributed by atoms with E-state index >= 15 is 0 Å². The smallest absolute Gasteiger partial charge is 0.254 e. The molecule has 1 heterocycles. The number of nitrogens with one attached hydrogen (secondary N) is 1. The number of hydrogen-bond acceptors (Lipinski definition) is 2. The molecule has 0 spiro atoms.